The number of hydrogen-bond donors (Lipinski definition) is 1. The molecular formula is C19H14ClN3O2S2. The number of hydrogen-bond acceptors (Lipinski definition) is 5. The van der Waals surface area contributed by atoms with E-state index >= 15 is 0 Å². The van der Waals surface area contributed by atoms with Gasteiger partial charge in [-0.05, 0) is 61.1 Å². The number of amides is 1. The Morgan fingerprint density at radius 2 is 2.07 bits per heavy atom. The highest BCUT2D eigenvalue weighted by atomic mass is 35.5. The van der Waals surface area contributed by atoms with Crippen LogP contribution < -0.4 is 15.0 Å². The lowest BCUT2D eigenvalue weighted by Crippen LogP contribution is -2.30. The molecule has 0 spiro atoms. The zero-order valence-electron chi connectivity index (χ0n) is 14.2. The van der Waals surface area contributed by atoms with Gasteiger partial charge in [0, 0.05) is 5.02 Å². The van der Waals surface area contributed by atoms with Crippen molar-refractivity contribution in [1.82, 2.24) is 10.3 Å². The number of aromatic nitrogens is 1. The third kappa shape index (κ3) is 3.53. The van der Waals surface area contributed by atoms with Crippen LogP contribution in [0.2, 0.25) is 5.02 Å². The lowest BCUT2D eigenvalue weighted by molar-refractivity contribution is -0.113. The molecule has 3 aromatic rings. The maximum Gasteiger partial charge on any atom is 0.282 e. The Bertz CT molecular complexity index is 1080. The number of fused-ring (bicyclic) bond motifs is 1. The molecule has 2 heterocycles. The van der Waals surface area contributed by atoms with Crippen LogP contribution >= 0.6 is 35.2 Å². The minimum absolute atomic E-state index is 0.237. The normalized spacial score (nSPS) is 15.6. The van der Waals surface area contributed by atoms with E-state index in [-0.39, 0.29) is 5.91 Å². The van der Waals surface area contributed by atoms with Gasteiger partial charge in [-0.1, -0.05) is 35.1 Å². The van der Waals surface area contributed by atoms with E-state index in [1.807, 2.05) is 37.3 Å². The highest BCUT2D eigenvalue weighted by Crippen LogP contribution is 2.33. The Hall–Kier alpha value is -2.48. The number of halogens is 1. The smallest absolute Gasteiger partial charge is 0.282 e. The summed E-state index contributed by atoms with van der Waals surface area (Å²) in [7, 11) is 0. The number of nitrogens with one attached hydrogen (secondary N) is 1. The van der Waals surface area contributed by atoms with Crippen LogP contribution in [-0.2, 0) is 4.79 Å². The maximum atomic E-state index is 12.9. The van der Waals surface area contributed by atoms with Gasteiger partial charge in [-0.2, -0.15) is 0 Å². The third-order valence-electron chi connectivity index (χ3n) is 3.91. The molecule has 5 nitrogen and oxygen atoms in total. The number of rotatable bonds is 4. The van der Waals surface area contributed by atoms with Crippen molar-refractivity contribution < 1.29 is 9.53 Å². The molecule has 27 heavy (non-hydrogen) atoms. The van der Waals surface area contributed by atoms with E-state index in [0.717, 1.165) is 21.5 Å². The monoisotopic (exact) mass is 415 g/mol. The summed E-state index contributed by atoms with van der Waals surface area (Å²) in [5, 5.41) is 4.45. The number of carbonyl (C=O) groups excluding carboxylic acids is 1. The van der Waals surface area contributed by atoms with E-state index in [4.69, 9.17) is 28.6 Å². The van der Waals surface area contributed by atoms with Gasteiger partial charge in [0.25, 0.3) is 5.91 Å². The molecular weight excluding hydrogens is 402 g/mol. The van der Waals surface area contributed by atoms with Gasteiger partial charge in [0.1, 0.15) is 11.4 Å². The highest BCUT2D eigenvalue weighted by molar-refractivity contribution is 7.80. The molecule has 8 heteroatoms. The van der Waals surface area contributed by atoms with Gasteiger partial charge < -0.3 is 10.1 Å². The Balaban J connectivity index is 1.65. The summed E-state index contributed by atoms with van der Waals surface area (Å²) in [6.07, 6.45) is 1.74. The first-order valence-electron chi connectivity index (χ1n) is 8.21. The standard InChI is InChI=1S/C19H14ClN3O2S2/c1-2-25-13-7-8-14-16(10-13)27-19(22-14)23-17(24)15(21-18(23)26)9-11-3-5-12(20)6-4-11/h3-10H,2H2,1H3,(H,21,26)/b15-9+. The zero-order chi connectivity index (χ0) is 19.0. The molecule has 1 saturated heterocycles. The third-order valence-corrected chi connectivity index (χ3v) is 5.45. The van der Waals surface area contributed by atoms with E-state index < -0.39 is 0 Å². The predicted molar refractivity (Wildman–Crippen MR) is 113 cm³/mol. The molecule has 0 saturated carbocycles. The molecule has 1 fully saturated rings. The van der Waals surface area contributed by atoms with Gasteiger partial charge in [0.15, 0.2) is 10.2 Å². The molecule has 0 bridgehead atoms. The second-order valence-corrected chi connectivity index (χ2v) is 7.57. The number of nitrogens with zero attached hydrogens (tertiary/aromatic N) is 2. The average molecular weight is 416 g/mol. The van der Waals surface area contributed by atoms with Crippen molar-refractivity contribution in [2.45, 2.75) is 6.92 Å². The summed E-state index contributed by atoms with van der Waals surface area (Å²) in [5.41, 5.74) is 2.05. The van der Waals surface area contributed by atoms with Crippen LogP contribution in [0.5, 0.6) is 5.75 Å². The SMILES string of the molecule is CCOc1ccc2nc(N3C(=O)/C(=C\c4ccc(Cl)cc4)NC3=S)sc2c1. The number of ether oxygens (including phenoxy) is 1. The fourth-order valence-electron chi connectivity index (χ4n) is 2.68. The van der Waals surface area contributed by atoms with Gasteiger partial charge in [-0.15, -0.1) is 0 Å². The molecule has 4 rings (SSSR count). The van der Waals surface area contributed by atoms with Crippen molar-refractivity contribution in [2.24, 2.45) is 0 Å². The Kier molecular flexibility index (Phi) is 4.82. The van der Waals surface area contributed by atoms with Gasteiger partial charge in [0.2, 0.25) is 0 Å². The first-order valence-corrected chi connectivity index (χ1v) is 9.81. The van der Waals surface area contributed by atoms with Crippen LogP contribution in [0.15, 0.2) is 48.2 Å². The number of thiazole rings is 1. The predicted octanol–water partition coefficient (Wildman–Crippen LogP) is 4.61. The molecule has 1 amide bonds. The van der Waals surface area contributed by atoms with Crippen LogP contribution in [0.4, 0.5) is 5.13 Å². The number of benzene rings is 2. The maximum absolute atomic E-state index is 12.9. The largest absolute Gasteiger partial charge is 0.494 e. The molecule has 1 aliphatic rings. The molecule has 136 valence electrons. The van der Waals surface area contributed by atoms with Crippen LogP contribution in [0, 0.1) is 0 Å². The average Bonchev–Trinajstić information content (AvgIpc) is 3.17. The summed E-state index contributed by atoms with van der Waals surface area (Å²) in [4.78, 5) is 18.8. The van der Waals surface area contributed by atoms with Crippen LogP contribution in [0.25, 0.3) is 16.3 Å². The van der Waals surface area contributed by atoms with Crippen LogP contribution in [0.1, 0.15) is 12.5 Å². The summed E-state index contributed by atoms with van der Waals surface area (Å²) in [6.45, 7) is 2.53. The minimum atomic E-state index is -0.237. The molecule has 1 N–H and O–H groups in total. The van der Waals surface area contributed by atoms with Crippen molar-refractivity contribution in [3.05, 3.63) is 58.7 Å². The lowest BCUT2D eigenvalue weighted by atomic mass is 10.2. The molecule has 2 aromatic carbocycles. The van der Waals surface area contributed by atoms with Gasteiger partial charge in [0.05, 0.1) is 16.8 Å². The zero-order valence-corrected chi connectivity index (χ0v) is 16.6. The number of anilines is 1. The summed E-state index contributed by atoms with van der Waals surface area (Å²) in [5.74, 6) is 0.538. The van der Waals surface area contributed by atoms with Gasteiger partial charge in [-0.25, -0.2) is 9.88 Å². The molecule has 0 atom stereocenters. The van der Waals surface area contributed by atoms with E-state index in [0.29, 0.717) is 27.6 Å². The first kappa shape index (κ1) is 17.9. The fourth-order valence-corrected chi connectivity index (χ4v) is 4.14. The minimum Gasteiger partial charge on any atom is -0.494 e. The molecule has 0 radical (unpaired) electrons. The molecule has 1 aliphatic heterocycles. The summed E-state index contributed by atoms with van der Waals surface area (Å²) in [6, 6.07) is 12.9. The lowest BCUT2D eigenvalue weighted by Gasteiger charge is -2.08. The summed E-state index contributed by atoms with van der Waals surface area (Å²) < 4.78 is 6.46. The van der Waals surface area contributed by atoms with Gasteiger partial charge >= 0.3 is 0 Å². The van der Waals surface area contributed by atoms with Gasteiger partial charge in [-0.3, -0.25) is 4.79 Å². The van der Waals surface area contributed by atoms with E-state index in [1.165, 1.54) is 16.2 Å². The topological polar surface area (TPSA) is 54.5 Å². The second kappa shape index (κ2) is 7.26. The highest BCUT2D eigenvalue weighted by Gasteiger charge is 2.34. The molecule has 0 aliphatic carbocycles. The fraction of sp³-hybridized carbons (Fsp3) is 0.105. The first-order chi connectivity index (χ1) is 13.0. The Morgan fingerprint density at radius 3 is 2.81 bits per heavy atom. The Morgan fingerprint density at radius 1 is 1.30 bits per heavy atom. The van der Waals surface area contributed by atoms with Crippen molar-refractivity contribution in [2.75, 3.05) is 11.5 Å². The van der Waals surface area contributed by atoms with E-state index in [2.05, 4.69) is 10.3 Å². The van der Waals surface area contributed by atoms with Crippen LogP contribution in [-0.4, -0.2) is 22.6 Å². The number of thiocarbonyl (C=S) groups is 1. The van der Waals surface area contributed by atoms with E-state index in [9.17, 15) is 4.79 Å². The molecule has 1 aromatic heterocycles. The van der Waals surface area contributed by atoms with Crippen LogP contribution in [0.3, 0.4) is 0 Å². The van der Waals surface area contributed by atoms with Crippen molar-refractivity contribution >= 4 is 67.6 Å². The van der Waals surface area contributed by atoms with Crippen molar-refractivity contribution in [1.29, 1.82) is 0 Å². The quantitative estimate of drug-likeness (QED) is 0.498. The number of carbonyl (C=O) groups is 1. The Labute approximate surface area is 170 Å². The molecule has 0 unspecified atom stereocenters. The van der Waals surface area contributed by atoms with E-state index in [1.54, 1.807) is 18.2 Å². The van der Waals surface area contributed by atoms with Crippen molar-refractivity contribution in [3.8, 4) is 5.75 Å². The second-order valence-electron chi connectivity index (χ2n) is 5.74. The summed E-state index contributed by atoms with van der Waals surface area (Å²) >= 11 is 12.7. The van der Waals surface area contributed by atoms with Crippen molar-refractivity contribution in [3.63, 3.8) is 0 Å².